The van der Waals surface area contributed by atoms with E-state index in [2.05, 4.69) is 91.0 Å². The molecule has 8 rings (SSSR count). The summed E-state index contributed by atoms with van der Waals surface area (Å²) in [6.45, 7) is 8.93. The third-order valence-corrected chi connectivity index (χ3v) is 25.9. The molecule has 3 saturated heterocycles. The van der Waals surface area contributed by atoms with Crippen LogP contribution in [0.15, 0.2) is 86.3 Å². The summed E-state index contributed by atoms with van der Waals surface area (Å²) in [4.78, 5) is 196. The van der Waals surface area contributed by atoms with Gasteiger partial charge in [0.05, 0.1) is 43.4 Å². The van der Waals surface area contributed by atoms with Gasteiger partial charge in [-0.3, -0.25) is 57.2 Å². The number of carboxylic acid groups (broad SMARTS) is 3. The lowest BCUT2D eigenvalue weighted by Gasteiger charge is -2.42. The number of hydrogen-bond acceptors (Lipinski definition) is 23. The van der Waals surface area contributed by atoms with Crippen LogP contribution in [0, 0.1) is 23.7 Å². The van der Waals surface area contributed by atoms with E-state index in [1.165, 1.54) is 59.9 Å². The Balaban J connectivity index is 0.849. The first kappa shape index (κ1) is 89.4. The lowest BCUT2D eigenvalue weighted by Crippen LogP contribution is -2.58. The molecule has 0 radical (unpaired) electrons. The van der Waals surface area contributed by atoms with E-state index >= 15 is 0 Å². The number of aromatic nitrogens is 2. The van der Waals surface area contributed by atoms with Gasteiger partial charge >= 0.3 is 47.1 Å². The van der Waals surface area contributed by atoms with Gasteiger partial charge in [0, 0.05) is 81.2 Å². The van der Waals surface area contributed by atoms with Crippen molar-refractivity contribution in [3.63, 3.8) is 0 Å². The van der Waals surface area contributed by atoms with Crippen molar-refractivity contribution < 1.29 is 114 Å². The van der Waals surface area contributed by atoms with Crippen LogP contribution in [-0.2, 0) is 74.7 Å². The number of ether oxygens (including phenoxy) is 1. The Kier molecular flexibility index (Phi) is 32.5. The second-order valence-electron chi connectivity index (χ2n) is 27.8. The average molecular weight is 1660 g/mol. The SMILES string of the molecule is CCCC1=CC2=C(C[C@H]1C)C(c1ccccc1C(=O)N(C)CCCC(=O)N1CCCC1C(=O)N1CCCC1C(=O)NC(CCCSSCCC(=O)NCC#Cc1cn([C@H]3CC[C@@H](COP(=O)(O)OP(=O)(O)OP(=O)(O)O)O3)c(=O)nc1N)C(=O)NC(CC(=O)O)C(=O)NC(CC(=O)O)C(=O)O)C1C=C(C)/C(=N/CC)C=C1C2. The minimum Gasteiger partial charge on any atom is -0.481 e. The number of aliphatic imine (C=N–C) groups is 1. The number of amides is 7. The Bertz CT molecular complexity index is 4360. The van der Waals surface area contributed by atoms with Crippen molar-refractivity contribution in [1.82, 2.24) is 45.5 Å². The fraction of sp³-hybridized carbons (Fsp3) is 0.563. The van der Waals surface area contributed by atoms with Crippen molar-refractivity contribution in [1.29, 1.82) is 0 Å². The molecule has 0 saturated carbocycles. The van der Waals surface area contributed by atoms with E-state index in [1.54, 1.807) is 11.9 Å². The summed E-state index contributed by atoms with van der Waals surface area (Å²) in [5, 5.41) is 38.2. The van der Waals surface area contributed by atoms with Crippen LogP contribution in [0.4, 0.5) is 5.82 Å². The number of aliphatic carboxylic acids is 3. The summed E-state index contributed by atoms with van der Waals surface area (Å²) in [5.74, 6) is -3.57. The molecule has 0 spiro atoms. The molecular weight excluding hydrogens is 1560 g/mol. The fourth-order valence-electron chi connectivity index (χ4n) is 14.4. The molecule has 3 aliphatic heterocycles. The molecule has 13 N–H and O–H groups in total. The largest absolute Gasteiger partial charge is 0.490 e. The molecule has 1 aromatic carbocycles. The molecule has 6 aliphatic rings. The second kappa shape index (κ2) is 40.7. The maximum Gasteiger partial charge on any atom is 0.490 e. The standard InChI is InChI=1S/C71H96N11O25P3S2/c1-6-15-43-34-45-35-46-36-53(73-7-2)42(4)33-51(46)63(50(45)32-41(43)3)48-17-8-9-18-49(48)68(92)79(5)27-13-22-59(84)80-28-12-21-57(80)69(93)81-29-11-20-56(81)67(91)75-52(65(89)76-54(37-61(85)86)66(90)77-55(70(94)95)38-62(87)88)19-14-30-111-112-31-25-58(83)74-26-10-16-44-39-82(71(96)78-64(44)72)60-24-23-47(105-60)40-104-109(100,101)107-110(102,103)106-108(97,98)99/h8-9,17-18,33-34,36,39,41,47,51-52,54-57,60,63H,6-7,11-15,19-32,35,37-38,40H2,1-5H3,(H,74,83)(H,75,91)(H,76,89)(H,77,90)(H,85,86)(H,87,88)(H,94,95)(H,100,101)(H,102,103)(H2,72,78,96)(H2,97,98,99)/b73-53+/t41-,47+,51?,52?,54?,55?,56?,57?,60-,63?/m1/s1. The molecule has 0 bridgehead atoms. The van der Waals surface area contributed by atoms with Gasteiger partial charge in [0.15, 0.2) is 0 Å². The number of nitrogens with zero attached hydrogens (tertiary/aromatic N) is 6. The Morgan fingerprint density at radius 2 is 1.51 bits per heavy atom. The molecule has 4 heterocycles. The fourth-order valence-corrected chi connectivity index (χ4v) is 19.6. The van der Waals surface area contributed by atoms with Crippen LogP contribution in [0.2, 0.25) is 0 Å². The highest BCUT2D eigenvalue weighted by Gasteiger charge is 2.46. The van der Waals surface area contributed by atoms with E-state index in [9.17, 15) is 91.5 Å². The summed E-state index contributed by atoms with van der Waals surface area (Å²) in [6, 6.07) is 0.240. The van der Waals surface area contributed by atoms with Crippen molar-refractivity contribution in [2.45, 2.75) is 185 Å². The summed E-state index contributed by atoms with van der Waals surface area (Å²) < 4.78 is 53.5. The number of anilines is 1. The Hall–Kier alpha value is -8.14. The maximum absolute atomic E-state index is 14.7. The van der Waals surface area contributed by atoms with Crippen LogP contribution in [0.25, 0.3) is 0 Å². The number of carbonyl (C=O) groups is 10. The first-order valence-corrected chi connectivity index (χ1v) is 43.7. The van der Waals surface area contributed by atoms with Crippen molar-refractivity contribution >= 4 is 116 Å². The highest BCUT2D eigenvalue weighted by atomic mass is 33.1. The maximum atomic E-state index is 14.7. The Morgan fingerprint density at radius 1 is 0.830 bits per heavy atom. The zero-order valence-electron chi connectivity index (χ0n) is 62.5. The molecule has 7 amide bonds. The molecule has 3 fully saturated rings. The van der Waals surface area contributed by atoms with Gasteiger partial charge in [0.2, 0.25) is 35.4 Å². The molecule has 12 atom stereocenters. The lowest BCUT2D eigenvalue weighted by molar-refractivity contribution is -0.148. The quantitative estimate of drug-likeness (QED) is 0.0173. The molecule has 41 heteroatoms. The van der Waals surface area contributed by atoms with E-state index in [0.717, 1.165) is 47.1 Å². The molecule has 2 aromatic rings. The van der Waals surface area contributed by atoms with Gasteiger partial charge in [-0.1, -0.05) is 101 Å². The lowest BCUT2D eigenvalue weighted by atomic mass is 9.62. The van der Waals surface area contributed by atoms with Crippen LogP contribution in [0.5, 0.6) is 0 Å². The van der Waals surface area contributed by atoms with Gasteiger partial charge in [-0.2, -0.15) is 13.6 Å². The molecule has 36 nitrogen and oxygen atoms in total. The van der Waals surface area contributed by atoms with Gasteiger partial charge < -0.3 is 81.3 Å². The zero-order valence-corrected chi connectivity index (χ0v) is 66.8. The average Bonchev–Trinajstić information content (AvgIpc) is 0.842. The number of nitrogen functional groups attached to an aromatic ring is 1. The van der Waals surface area contributed by atoms with Crippen LogP contribution in [-0.4, -0.2) is 218 Å². The predicted molar refractivity (Wildman–Crippen MR) is 409 cm³/mol. The van der Waals surface area contributed by atoms with Gasteiger partial charge in [0.1, 0.15) is 42.3 Å². The number of hydrogen-bond donors (Lipinski definition) is 12. The number of benzene rings is 1. The number of phosphoric ester groups is 1. The molecule has 612 valence electrons. The van der Waals surface area contributed by atoms with Crippen molar-refractivity contribution in [2.24, 2.45) is 16.8 Å². The third kappa shape index (κ3) is 25.2. The smallest absolute Gasteiger partial charge is 0.481 e. The van der Waals surface area contributed by atoms with Gasteiger partial charge in [0.25, 0.3) is 5.91 Å². The monoisotopic (exact) mass is 1660 g/mol. The number of likely N-dealkylation sites (tertiary alicyclic amines) is 2. The van der Waals surface area contributed by atoms with Crippen LogP contribution in [0.3, 0.4) is 0 Å². The third-order valence-electron chi connectivity index (χ3n) is 19.6. The van der Waals surface area contributed by atoms with E-state index in [1.807, 2.05) is 30.4 Å². The number of nitrogens with two attached hydrogens (primary N) is 1. The first-order valence-electron chi connectivity index (χ1n) is 36.7. The van der Waals surface area contributed by atoms with E-state index in [4.69, 9.17) is 25.2 Å². The predicted octanol–water partition coefficient (Wildman–Crippen LogP) is 5.40. The topological polar surface area (TPSA) is 532 Å². The number of allylic oxidation sites excluding steroid dienone is 8. The Morgan fingerprint density at radius 3 is 2.21 bits per heavy atom. The highest BCUT2D eigenvalue weighted by Crippen LogP contribution is 2.66. The zero-order chi connectivity index (χ0) is 81.9. The molecular formula is C71H96N11O25P3S2. The number of carboxylic acids is 3. The highest BCUT2D eigenvalue weighted by molar-refractivity contribution is 8.76. The van der Waals surface area contributed by atoms with E-state index < -0.39 is 139 Å². The normalized spacial score (nSPS) is 22.4. The summed E-state index contributed by atoms with van der Waals surface area (Å²) in [6.07, 6.45) is 9.56. The summed E-state index contributed by atoms with van der Waals surface area (Å²) in [7, 11) is -12.6. The molecule has 3 aliphatic carbocycles. The number of rotatable bonds is 38. The first-order chi connectivity index (χ1) is 53.0. The molecule has 9 unspecified atom stereocenters. The Labute approximate surface area is 653 Å². The minimum absolute atomic E-state index is 0.00837. The minimum atomic E-state index is -5.77. The van der Waals surface area contributed by atoms with Crippen molar-refractivity contribution in [3.05, 3.63) is 104 Å². The van der Waals surface area contributed by atoms with Crippen molar-refractivity contribution in [3.8, 4) is 11.8 Å². The van der Waals surface area contributed by atoms with Crippen LogP contribution >= 0.6 is 45.1 Å². The van der Waals surface area contributed by atoms with Gasteiger partial charge in [-0.05, 0) is 126 Å². The van der Waals surface area contributed by atoms with E-state index in [0.29, 0.717) is 43.0 Å². The number of nitrogens with one attached hydrogen (secondary N) is 4. The van der Waals surface area contributed by atoms with E-state index in [-0.39, 0.29) is 118 Å². The van der Waals surface area contributed by atoms with Gasteiger partial charge in [-0.15, -0.1) is 0 Å². The molecule has 112 heavy (non-hydrogen) atoms. The van der Waals surface area contributed by atoms with Crippen molar-refractivity contribution in [2.75, 3.05) is 63.6 Å². The summed E-state index contributed by atoms with van der Waals surface area (Å²) in [5.41, 5.74) is 14.1. The summed E-state index contributed by atoms with van der Waals surface area (Å²) >= 11 is 0. The second-order valence-corrected chi connectivity index (χ2v) is 34.9. The van der Waals surface area contributed by atoms with Crippen LogP contribution < -0.4 is 32.7 Å². The molecule has 1 aromatic heterocycles. The number of carbonyl (C=O) groups excluding carboxylic acids is 7. The van der Waals surface area contributed by atoms with Gasteiger partial charge in [-0.25, -0.2) is 23.3 Å². The number of fused-ring (bicyclic) bond motifs is 1. The van der Waals surface area contributed by atoms with Crippen LogP contribution in [0.1, 0.15) is 170 Å². The number of phosphoric acid groups is 3.